The first kappa shape index (κ1) is 25.2. The van der Waals surface area contributed by atoms with Gasteiger partial charge in [-0.3, -0.25) is 19.3 Å². The fraction of sp³-hybridized carbons (Fsp3) is 0.115. The molecular formula is C26H18BrClN2O6S. The minimum Gasteiger partial charge on any atom is -0.488 e. The first-order valence-electron chi connectivity index (χ1n) is 11.0. The zero-order valence-corrected chi connectivity index (χ0v) is 22.2. The van der Waals surface area contributed by atoms with Crippen molar-refractivity contribution in [3.05, 3.63) is 86.2 Å². The maximum absolute atomic E-state index is 12.9. The van der Waals surface area contributed by atoms with Gasteiger partial charge in [-0.2, -0.15) is 0 Å². The highest BCUT2D eigenvalue weighted by Gasteiger charge is 2.36. The molecule has 5 rings (SSSR count). The van der Waals surface area contributed by atoms with Crippen LogP contribution in [0.15, 0.2) is 70.0 Å². The smallest absolute Gasteiger partial charge is 0.294 e. The van der Waals surface area contributed by atoms with Crippen molar-refractivity contribution in [3.8, 4) is 17.2 Å². The molecular weight excluding hydrogens is 584 g/mol. The van der Waals surface area contributed by atoms with Gasteiger partial charge in [0.1, 0.15) is 18.9 Å². The molecule has 188 valence electrons. The van der Waals surface area contributed by atoms with Crippen molar-refractivity contribution in [1.29, 1.82) is 0 Å². The Morgan fingerprint density at radius 1 is 1.11 bits per heavy atom. The molecule has 0 atom stereocenters. The average molecular weight is 602 g/mol. The maximum atomic E-state index is 12.9. The summed E-state index contributed by atoms with van der Waals surface area (Å²) in [5, 5.41) is 2.77. The number of benzene rings is 3. The zero-order chi connectivity index (χ0) is 25.9. The minimum atomic E-state index is -0.536. The molecule has 0 spiro atoms. The van der Waals surface area contributed by atoms with E-state index in [1.165, 1.54) is 0 Å². The summed E-state index contributed by atoms with van der Waals surface area (Å²) in [6, 6.07) is 17.7. The van der Waals surface area contributed by atoms with Crippen molar-refractivity contribution in [3.63, 3.8) is 0 Å². The van der Waals surface area contributed by atoms with Crippen LogP contribution < -0.4 is 19.5 Å². The summed E-state index contributed by atoms with van der Waals surface area (Å²) in [7, 11) is 0. The molecule has 11 heteroatoms. The van der Waals surface area contributed by atoms with Gasteiger partial charge < -0.3 is 19.5 Å². The third-order valence-corrected chi connectivity index (χ3v) is 7.32. The number of amides is 3. The van der Waals surface area contributed by atoms with E-state index < -0.39 is 23.6 Å². The molecule has 0 bridgehead atoms. The molecule has 1 fully saturated rings. The van der Waals surface area contributed by atoms with Gasteiger partial charge in [0.25, 0.3) is 11.1 Å². The van der Waals surface area contributed by atoms with Crippen LogP contribution in [-0.4, -0.2) is 35.3 Å². The number of thioether (sulfide) groups is 1. The summed E-state index contributed by atoms with van der Waals surface area (Å²) >= 11 is 10.4. The number of rotatable bonds is 7. The summed E-state index contributed by atoms with van der Waals surface area (Å²) in [6.07, 6.45) is 1.60. The lowest BCUT2D eigenvalue weighted by Crippen LogP contribution is -2.36. The highest BCUT2D eigenvalue weighted by Crippen LogP contribution is 2.36. The third kappa shape index (κ3) is 5.76. The van der Waals surface area contributed by atoms with E-state index in [-0.39, 0.29) is 11.7 Å². The van der Waals surface area contributed by atoms with Gasteiger partial charge in [0.2, 0.25) is 12.7 Å². The zero-order valence-electron chi connectivity index (χ0n) is 19.0. The molecule has 0 unspecified atom stereocenters. The number of ether oxygens (including phenoxy) is 3. The maximum Gasteiger partial charge on any atom is 0.294 e. The highest BCUT2D eigenvalue weighted by atomic mass is 79.9. The Morgan fingerprint density at radius 2 is 1.92 bits per heavy atom. The molecule has 1 saturated heterocycles. The summed E-state index contributed by atoms with van der Waals surface area (Å²) in [6.45, 7) is 0.00449. The molecule has 0 aliphatic carbocycles. The SMILES string of the molecule is O=C(CN1C(=O)S/C(=C/c2ccc(OCc3ccccc3Cl)c(Br)c2)C1=O)Nc1ccc2c(c1)OCO2. The van der Waals surface area contributed by atoms with E-state index in [2.05, 4.69) is 21.2 Å². The van der Waals surface area contributed by atoms with Crippen molar-refractivity contribution in [1.82, 2.24) is 4.90 Å². The second-order valence-corrected chi connectivity index (χ2v) is 10.2. The Hall–Kier alpha value is -3.47. The van der Waals surface area contributed by atoms with Crippen LogP contribution in [0.5, 0.6) is 17.2 Å². The molecule has 0 radical (unpaired) electrons. The van der Waals surface area contributed by atoms with Gasteiger partial charge in [0.15, 0.2) is 11.5 Å². The van der Waals surface area contributed by atoms with E-state index >= 15 is 0 Å². The molecule has 8 nitrogen and oxygen atoms in total. The van der Waals surface area contributed by atoms with Crippen molar-refractivity contribution in [2.75, 3.05) is 18.7 Å². The largest absolute Gasteiger partial charge is 0.488 e. The summed E-state index contributed by atoms with van der Waals surface area (Å²) in [5.41, 5.74) is 2.02. The van der Waals surface area contributed by atoms with Gasteiger partial charge >= 0.3 is 0 Å². The topological polar surface area (TPSA) is 94.2 Å². The van der Waals surface area contributed by atoms with Gasteiger partial charge in [-0.15, -0.1) is 0 Å². The van der Waals surface area contributed by atoms with Gasteiger partial charge in [0, 0.05) is 22.3 Å². The van der Waals surface area contributed by atoms with Crippen LogP contribution in [0.4, 0.5) is 10.5 Å². The molecule has 2 heterocycles. The van der Waals surface area contributed by atoms with Gasteiger partial charge in [-0.1, -0.05) is 35.9 Å². The standard InChI is InChI=1S/C26H18BrClN2O6S/c27-18-9-15(5-7-20(18)34-13-16-3-1-2-4-19(16)28)10-23-25(32)30(26(33)37-23)12-24(31)29-17-6-8-21-22(11-17)36-14-35-21/h1-11H,12-14H2,(H,29,31)/b23-10+. The Kier molecular flexibility index (Phi) is 7.40. The minimum absolute atomic E-state index is 0.116. The number of carbonyl (C=O) groups is 3. The molecule has 2 aliphatic heterocycles. The summed E-state index contributed by atoms with van der Waals surface area (Å²) < 4.78 is 17.1. The van der Waals surface area contributed by atoms with Gasteiger partial charge in [-0.05, 0) is 69.7 Å². The van der Waals surface area contributed by atoms with Crippen molar-refractivity contribution >= 4 is 68.1 Å². The number of nitrogens with one attached hydrogen (secondary N) is 1. The van der Waals surface area contributed by atoms with Crippen LogP contribution in [0.25, 0.3) is 6.08 Å². The Labute approximate surface area is 229 Å². The first-order valence-corrected chi connectivity index (χ1v) is 13.0. The first-order chi connectivity index (χ1) is 17.9. The Balaban J connectivity index is 1.22. The lowest BCUT2D eigenvalue weighted by Gasteiger charge is -2.12. The number of halogens is 2. The van der Waals surface area contributed by atoms with E-state index in [9.17, 15) is 14.4 Å². The van der Waals surface area contributed by atoms with Crippen LogP contribution in [0.2, 0.25) is 5.02 Å². The number of hydrogen-bond donors (Lipinski definition) is 1. The number of anilines is 1. The van der Waals surface area contributed by atoms with Gasteiger partial charge in [-0.25, -0.2) is 0 Å². The van der Waals surface area contributed by atoms with Crippen LogP contribution in [-0.2, 0) is 16.2 Å². The van der Waals surface area contributed by atoms with Crippen LogP contribution in [0, 0.1) is 0 Å². The average Bonchev–Trinajstić information content (AvgIpc) is 3.44. The lowest BCUT2D eigenvalue weighted by molar-refractivity contribution is -0.127. The van der Waals surface area contributed by atoms with Crippen molar-refractivity contribution < 1.29 is 28.6 Å². The molecule has 3 aromatic rings. The van der Waals surface area contributed by atoms with E-state index in [0.717, 1.165) is 22.2 Å². The predicted molar refractivity (Wildman–Crippen MR) is 144 cm³/mol. The molecule has 2 aliphatic rings. The summed E-state index contributed by atoms with van der Waals surface area (Å²) in [4.78, 5) is 39.0. The summed E-state index contributed by atoms with van der Waals surface area (Å²) in [5.74, 6) is 0.654. The monoisotopic (exact) mass is 600 g/mol. The normalized spacial score (nSPS) is 15.4. The Bertz CT molecular complexity index is 1450. The molecule has 3 aromatic carbocycles. The number of fused-ring (bicyclic) bond motifs is 1. The van der Waals surface area contributed by atoms with Crippen LogP contribution >= 0.6 is 39.3 Å². The number of imide groups is 1. The quantitative estimate of drug-likeness (QED) is 0.328. The molecule has 1 N–H and O–H groups in total. The lowest BCUT2D eigenvalue weighted by atomic mass is 10.2. The molecule has 0 aromatic heterocycles. The fourth-order valence-electron chi connectivity index (χ4n) is 3.60. The second-order valence-electron chi connectivity index (χ2n) is 7.95. The van der Waals surface area contributed by atoms with Crippen molar-refractivity contribution in [2.24, 2.45) is 0 Å². The fourth-order valence-corrected chi connectivity index (χ4v) is 5.14. The number of hydrogen-bond acceptors (Lipinski definition) is 7. The van der Waals surface area contributed by atoms with E-state index in [1.807, 2.05) is 18.2 Å². The predicted octanol–water partition coefficient (Wildman–Crippen LogP) is 6.09. The molecule has 37 heavy (non-hydrogen) atoms. The molecule has 3 amide bonds. The number of carbonyl (C=O) groups excluding carboxylic acids is 3. The van der Waals surface area contributed by atoms with E-state index in [1.54, 1.807) is 48.5 Å². The van der Waals surface area contributed by atoms with Crippen molar-refractivity contribution in [2.45, 2.75) is 6.61 Å². The van der Waals surface area contributed by atoms with Gasteiger partial charge in [0.05, 0.1) is 9.38 Å². The van der Waals surface area contributed by atoms with Crippen LogP contribution in [0.3, 0.4) is 0 Å². The molecule has 0 saturated carbocycles. The number of nitrogens with zero attached hydrogens (tertiary/aromatic N) is 1. The third-order valence-electron chi connectivity index (χ3n) is 5.43. The van der Waals surface area contributed by atoms with E-state index in [0.29, 0.717) is 44.6 Å². The second kappa shape index (κ2) is 10.9. The highest BCUT2D eigenvalue weighted by molar-refractivity contribution is 9.10. The van der Waals surface area contributed by atoms with E-state index in [4.69, 9.17) is 25.8 Å². The van der Waals surface area contributed by atoms with Crippen LogP contribution in [0.1, 0.15) is 11.1 Å². The Morgan fingerprint density at radius 3 is 2.73 bits per heavy atom.